The Morgan fingerprint density at radius 3 is 1.54 bits per heavy atom. The van der Waals surface area contributed by atoms with Gasteiger partial charge in [-0.2, -0.15) is 0 Å². The van der Waals surface area contributed by atoms with Crippen LogP contribution in [0.1, 0.15) is 47.5 Å². The molecule has 224 valence electrons. The van der Waals surface area contributed by atoms with Crippen molar-refractivity contribution >= 4 is 24.1 Å². The lowest BCUT2D eigenvalue weighted by Crippen LogP contribution is -2.36. The van der Waals surface area contributed by atoms with Crippen LogP contribution in [0.15, 0.2) is 24.3 Å². The summed E-state index contributed by atoms with van der Waals surface area (Å²) >= 11 is 0. The molecule has 0 saturated carbocycles. The third kappa shape index (κ3) is 21.5. The number of esters is 2. The summed E-state index contributed by atoms with van der Waals surface area (Å²) in [6.07, 6.45) is 0.501. The molecule has 0 rings (SSSR count). The number of carbonyl (C=O) groups excluding carboxylic acids is 4. The summed E-state index contributed by atoms with van der Waals surface area (Å²) in [5.74, 6) is -0.655. The number of hydrogen-bond acceptors (Lipinski definition) is 10. The minimum Gasteiger partial charge on any atom is -0.460 e. The van der Waals surface area contributed by atoms with Crippen molar-refractivity contribution in [2.45, 2.75) is 47.5 Å². The van der Waals surface area contributed by atoms with Crippen molar-refractivity contribution in [3.8, 4) is 0 Å². The van der Waals surface area contributed by atoms with Crippen molar-refractivity contribution in [1.29, 1.82) is 0 Å². The average Bonchev–Trinajstić information content (AvgIpc) is 2.85. The lowest BCUT2D eigenvalue weighted by Gasteiger charge is -2.28. The monoisotopic (exact) mass is 558 g/mol. The molecule has 0 radical (unpaired) electrons. The van der Waals surface area contributed by atoms with Crippen molar-refractivity contribution in [3.63, 3.8) is 0 Å². The quantitative estimate of drug-likeness (QED) is 0.0931. The third-order valence-electron chi connectivity index (χ3n) is 5.06. The molecule has 2 amide bonds. The SMILES string of the molecule is C=C(C)C(=O)OCCOCCOC(=O)NCCC(C)CC(C)(C)CNC(=O)OCCOCCOC(=O)C(=C)C. The third-order valence-corrected chi connectivity index (χ3v) is 5.06. The Kier molecular flexibility index (Phi) is 19.1. The lowest BCUT2D eigenvalue weighted by molar-refractivity contribution is -0.141. The van der Waals surface area contributed by atoms with E-state index in [0.29, 0.717) is 24.2 Å². The van der Waals surface area contributed by atoms with Gasteiger partial charge in [-0.15, -0.1) is 0 Å². The number of hydrogen-bond donors (Lipinski definition) is 2. The van der Waals surface area contributed by atoms with Gasteiger partial charge in [0, 0.05) is 24.2 Å². The molecule has 0 aliphatic heterocycles. The van der Waals surface area contributed by atoms with Gasteiger partial charge in [-0.3, -0.25) is 0 Å². The van der Waals surface area contributed by atoms with Gasteiger partial charge in [0.25, 0.3) is 0 Å². The molecule has 0 fully saturated rings. The van der Waals surface area contributed by atoms with Gasteiger partial charge in [-0.25, -0.2) is 19.2 Å². The summed E-state index contributed by atoms with van der Waals surface area (Å²) in [6.45, 7) is 18.3. The largest absolute Gasteiger partial charge is 0.460 e. The molecule has 2 N–H and O–H groups in total. The zero-order chi connectivity index (χ0) is 29.7. The fourth-order valence-corrected chi connectivity index (χ4v) is 3.18. The summed E-state index contributed by atoms with van der Waals surface area (Å²) in [4.78, 5) is 46.1. The molecular weight excluding hydrogens is 512 g/mol. The van der Waals surface area contributed by atoms with Gasteiger partial charge in [-0.1, -0.05) is 33.9 Å². The maximum Gasteiger partial charge on any atom is 0.407 e. The standard InChI is InChI=1S/C27H46N2O10/c1-20(2)23(30)36-14-10-34-12-16-38-25(32)28-9-8-22(5)18-27(6,7)19-29-26(33)39-17-13-35-11-15-37-24(31)21(3)4/h22H,1,3,8-19H2,2,4-7H3,(H,28,32)(H,29,33). The van der Waals surface area contributed by atoms with Gasteiger partial charge in [-0.05, 0) is 38.0 Å². The van der Waals surface area contributed by atoms with Crippen molar-refractivity contribution in [2.75, 3.05) is 65.9 Å². The van der Waals surface area contributed by atoms with Crippen LogP contribution in [-0.2, 0) is 38.0 Å². The second kappa shape index (κ2) is 20.8. The molecule has 0 saturated heterocycles. The molecule has 12 nitrogen and oxygen atoms in total. The summed E-state index contributed by atoms with van der Waals surface area (Å²) in [5.41, 5.74) is 0.460. The van der Waals surface area contributed by atoms with Crippen LogP contribution in [-0.4, -0.2) is 90.1 Å². The smallest absolute Gasteiger partial charge is 0.407 e. The molecule has 0 aromatic heterocycles. The summed E-state index contributed by atoms with van der Waals surface area (Å²) < 4.78 is 30.4. The van der Waals surface area contributed by atoms with Gasteiger partial charge in [0.1, 0.15) is 26.4 Å². The van der Waals surface area contributed by atoms with E-state index < -0.39 is 24.1 Å². The molecule has 0 aromatic carbocycles. The first-order chi connectivity index (χ1) is 18.3. The van der Waals surface area contributed by atoms with Crippen LogP contribution in [0.2, 0.25) is 0 Å². The van der Waals surface area contributed by atoms with E-state index in [1.807, 2.05) is 13.8 Å². The Balaban J connectivity index is 3.82. The first kappa shape index (κ1) is 35.9. The van der Waals surface area contributed by atoms with E-state index in [1.54, 1.807) is 13.8 Å². The summed E-state index contributed by atoms with van der Waals surface area (Å²) in [5, 5.41) is 5.46. The number of ether oxygens (including phenoxy) is 6. The minimum atomic E-state index is -0.533. The molecular formula is C27H46N2O10. The van der Waals surface area contributed by atoms with E-state index in [4.69, 9.17) is 28.4 Å². The van der Waals surface area contributed by atoms with Gasteiger partial charge < -0.3 is 39.1 Å². The predicted octanol–water partition coefficient (Wildman–Crippen LogP) is 3.15. The molecule has 0 heterocycles. The van der Waals surface area contributed by atoms with Gasteiger partial charge in [0.15, 0.2) is 0 Å². The summed E-state index contributed by atoms with van der Waals surface area (Å²) in [7, 11) is 0. The van der Waals surface area contributed by atoms with E-state index in [-0.39, 0.29) is 64.2 Å². The average molecular weight is 559 g/mol. The Labute approximate surface area is 231 Å². The Bertz CT molecular complexity index is 797. The van der Waals surface area contributed by atoms with E-state index in [9.17, 15) is 19.2 Å². The van der Waals surface area contributed by atoms with Crippen LogP contribution in [0.3, 0.4) is 0 Å². The zero-order valence-electron chi connectivity index (χ0n) is 24.1. The van der Waals surface area contributed by atoms with Gasteiger partial charge >= 0.3 is 24.1 Å². The molecule has 0 aromatic rings. The molecule has 1 atom stereocenters. The summed E-state index contributed by atoms with van der Waals surface area (Å²) in [6, 6.07) is 0. The van der Waals surface area contributed by atoms with Crippen LogP contribution in [0.5, 0.6) is 0 Å². The van der Waals surface area contributed by atoms with Crippen molar-refractivity contribution in [3.05, 3.63) is 24.3 Å². The maximum atomic E-state index is 11.9. The van der Waals surface area contributed by atoms with Gasteiger partial charge in [0.05, 0.1) is 26.4 Å². The second-order valence-electron chi connectivity index (χ2n) is 9.87. The Morgan fingerprint density at radius 1 is 0.692 bits per heavy atom. The number of rotatable bonds is 21. The molecule has 39 heavy (non-hydrogen) atoms. The maximum absolute atomic E-state index is 11.9. The van der Waals surface area contributed by atoms with Gasteiger partial charge in [0.2, 0.25) is 0 Å². The lowest BCUT2D eigenvalue weighted by atomic mass is 9.82. The first-order valence-electron chi connectivity index (χ1n) is 13.0. The molecule has 1 unspecified atom stereocenters. The Morgan fingerprint density at radius 2 is 1.10 bits per heavy atom. The van der Waals surface area contributed by atoms with Crippen LogP contribution >= 0.6 is 0 Å². The van der Waals surface area contributed by atoms with Crippen molar-refractivity contribution < 1.29 is 47.6 Å². The highest BCUT2D eigenvalue weighted by atomic mass is 16.6. The van der Waals surface area contributed by atoms with E-state index in [2.05, 4.69) is 30.7 Å². The Hall–Kier alpha value is -3.12. The van der Waals surface area contributed by atoms with Crippen molar-refractivity contribution in [2.24, 2.45) is 11.3 Å². The molecule has 0 aliphatic rings. The van der Waals surface area contributed by atoms with E-state index >= 15 is 0 Å². The van der Waals surface area contributed by atoms with Crippen molar-refractivity contribution in [1.82, 2.24) is 10.6 Å². The molecule has 0 spiro atoms. The number of nitrogens with one attached hydrogen (secondary N) is 2. The van der Waals surface area contributed by atoms with E-state index in [1.165, 1.54) is 0 Å². The predicted molar refractivity (Wildman–Crippen MR) is 144 cm³/mol. The van der Waals surface area contributed by atoms with Crippen LogP contribution < -0.4 is 10.6 Å². The van der Waals surface area contributed by atoms with E-state index in [0.717, 1.165) is 12.8 Å². The fourth-order valence-electron chi connectivity index (χ4n) is 3.18. The molecule has 0 aliphatic carbocycles. The zero-order valence-corrected chi connectivity index (χ0v) is 24.1. The van der Waals surface area contributed by atoms with Crippen LogP contribution in [0.4, 0.5) is 9.59 Å². The highest BCUT2D eigenvalue weighted by Crippen LogP contribution is 2.26. The molecule has 12 heteroatoms. The topological polar surface area (TPSA) is 148 Å². The normalized spacial score (nSPS) is 11.6. The van der Waals surface area contributed by atoms with Crippen LogP contribution in [0, 0.1) is 11.3 Å². The van der Waals surface area contributed by atoms with Crippen LogP contribution in [0.25, 0.3) is 0 Å². The number of amides is 2. The fraction of sp³-hybridized carbons (Fsp3) is 0.704. The highest BCUT2D eigenvalue weighted by Gasteiger charge is 2.22. The second-order valence-corrected chi connectivity index (χ2v) is 9.87. The molecule has 0 bridgehead atoms. The number of carbonyl (C=O) groups is 4. The minimum absolute atomic E-state index is 0.0792. The number of alkyl carbamates (subject to hydrolysis) is 2. The highest BCUT2D eigenvalue weighted by molar-refractivity contribution is 5.87. The first-order valence-corrected chi connectivity index (χ1v) is 13.0.